The van der Waals surface area contributed by atoms with Gasteiger partial charge in [0.25, 0.3) is 11.3 Å². The first-order valence-electron chi connectivity index (χ1n) is 4.24. The van der Waals surface area contributed by atoms with Crippen LogP contribution < -0.4 is 4.72 Å². The lowest BCUT2D eigenvalue weighted by atomic mass is 10.2. The minimum Gasteiger partial charge on any atom is -0.289 e. The lowest BCUT2D eigenvalue weighted by Gasteiger charge is -1.96. The number of halogens is 1. The van der Waals surface area contributed by atoms with E-state index in [-0.39, 0.29) is 0 Å². The highest BCUT2D eigenvalue weighted by atomic mass is 79.9. The lowest BCUT2D eigenvalue weighted by molar-refractivity contribution is 0.570. The molecule has 0 bridgehead atoms. The molecule has 7 heteroatoms. The molecule has 1 unspecified atom stereocenters. The molecule has 16 heavy (non-hydrogen) atoms. The monoisotopic (exact) mass is 318 g/mol. The molecule has 2 aromatic rings. The van der Waals surface area contributed by atoms with E-state index in [9.17, 15) is 4.21 Å². The van der Waals surface area contributed by atoms with Crippen molar-refractivity contribution in [2.45, 2.75) is 0 Å². The fraction of sp³-hybridized carbons (Fsp3) is 0. The standard InChI is InChI=1S/C9H7BrN2O2S2/c10-7-3-1-6(2-4-7)8-5-15-9(11-8)12-16(13)14/h1-5H,(H,11,12)(H,13,14). The van der Waals surface area contributed by atoms with E-state index in [1.54, 1.807) is 0 Å². The normalized spacial score (nSPS) is 12.4. The molecule has 0 aliphatic carbocycles. The second-order valence-electron chi connectivity index (χ2n) is 2.90. The maximum Gasteiger partial charge on any atom is 0.260 e. The minimum absolute atomic E-state index is 0.429. The third-order valence-corrected chi connectivity index (χ3v) is 3.60. The van der Waals surface area contributed by atoms with Gasteiger partial charge < -0.3 is 0 Å². The van der Waals surface area contributed by atoms with Crippen molar-refractivity contribution in [1.82, 2.24) is 4.98 Å². The van der Waals surface area contributed by atoms with Gasteiger partial charge in [-0.2, -0.15) is 0 Å². The van der Waals surface area contributed by atoms with Gasteiger partial charge in [0.15, 0.2) is 5.13 Å². The number of aromatic nitrogens is 1. The molecule has 84 valence electrons. The van der Waals surface area contributed by atoms with Crippen LogP contribution in [0.3, 0.4) is 0 Å². The Morgan fingerprint density at radius 2 is 2.06 bits per heavy atom. The molecular weight excluding hydrogens is 312 g/mol. The predicted molar refractivity (Wildman–Crippen MR) is 69.6 cm³/mol. The summed E-state index contributed by atoms with van der Waals surface area (Å²) in [4.78, 5) is 4.19. The Hall–Kier alpha value is -0.760. The number of benzene rings is 1. The molecule has 2 rings (SSSR count). The molecule has 1 atom stereocenters. The first-order chi connectivity index (χ1) is 7.65. The van der Waals surface area contributed by atoms with E-state index in [4.69, 9.17) is 4.55 Å². The maximum absolute atomic E-state index is 10.5. The van der Waals surface area contributed by atoms with Crippen molar-refractivity contribution in [3.05, 3.63) is 34.1 Å². The van der Waals surface area contributed by atoms with E-state index in [0.29, 0.717) is 5.13 Å². The summed E-state index contributed by atoms with van der Waals surface area (Å²) in [5, 5.41) is 2.26. The summed E-state index contributed by atoms with van der Waals surface area (Å²) in [6, 6.07) is 7.70. The Kier molecular flexibility index (Phi) is 3.70. The molecule has 1 aromatic heterocycles. The molecule has 4 nitrogen and oxygen atoms in total. The number of hydrogen-bond donors (Lipinski definition) is 2. The van der Waals surface area contributed by atoms with Crippen LogP contribution in [0, 0.1) is 0 Å². The molecule has 0 aliphatic rings. The highest BCUT2D eigenvalue weighted by Gasteiger charge is 2.05. The SMILES string of the molecule is O=S(O)Nc1nc(-c2ccc(Br)cc2)cs1. The first-order valence-corrected chi connectivity index (χ1v) is 7.02. The highest BCUT2D eigenvalue weighted by Crippen LogP contribution is 2.26. The van der Waals surface area contributed by atoms with Gasteiger partial charge in [-0.15, -0.1) is 11.3 Å². The largest absolute Gasteiger partial charge is 0.289 e. The van der Waals surface area contributed by atoms with E-state index >= 15 is 0 Å². The van der Waals surface area contributed by atoms with E-state index in [1.165, 1.54) is 11.3 Å². The Balaban J connectivity index is 2.24. The lowest BCUT2D eigenvalue weighted by Crippen LogP contribution is -2.00. The van der Waals surface area contributed by atoms with Crippen LogP contribution in [0.1, 0.15) is 0 Å². The van der Waals surface area contributed by atoms with Crippen molar-refractivity contribution in [1.29, 1.82) is 0 Å². The van der Waals surface area contributed by atoms with Gasteiger partial charge in [0.1, 0.15) is 0 Å². The second kappa shape index (κ2) is 5.05. The summed E-state index contributed by atoms with van der Waals surface area (Å²) in [6.07, 6.45) is 0. The summed E-state index contributed by atoms with van der Waals surface area (Å²) in [5.41, 5.74) is 1.75. The van der Waals surface area contributed by atoms with E-state index in [2.05, 4.69) is 25.6 Å². The quantitative estimate of drug-likeness (QED) is 0.855. The maximum atomic E-state index is 10.5. The Morgan fingerprint density at radius 1 is 1.38 bits per heavy atom. The van der Waals surface area contributed by atoms with Gasteiger partial charge in [0, 0.05) is 15.4 Å². The van der Waals surface area contributed by atoms with Crippen LogP contribution in [0.4, 0.5) is 5.13 Å². The van der Waals surface area contributed by atoms with Crippen LogP contribution >= 0.6 is 27.3 Å². The molecule has 0 radical (unpaired) electrons. The predicted octanol–water partition coefficient (Wildman–Crippen LogP) is 3.12. The summed E-state index contributed by atoms with van der Waals surface area (Å²) >= 11 is 2.57. The van der Waals surface area contributed by atoms with Gasteiger partial charge in [-0.05, 0) is 12.1 Å². The molecule has 0 saturated heterocycles. The molecular formula is C9H7BrN2O2S2. The fourth-order valence-electron chi connectivity index (χ4n) is 1.15. The average molecular weight is 319 g/mol. The Morgan fingerprint density at radius 3 is 2.69 bits per heavy atom. The number of hydrogen-bond acceptors (Lipinski definition) is 3. The molecule has 0 spiro atoms. The van der Waals surface area contributed by atoms with E-state index in [0.717, 1.165) is 15.7 Å². The highest BCUT2D eigenvalue weighted by molar-refractivity contribution is 9.10. The molecule has 0 saturated carbocycles. The first kappa shape index (κ1) is 11.7. The van der Waals surface area contributed by atoms with Crippen LogP contribution in [0.15, 0.2) is 34.1 Å². The van der Waals surface area contributed by atoms with E-state index in [1.807, 2.05) is 29.6 Å². The zero-order valence-electron chi connectivity index (χ0n) is 7.88. The Bertz CT molecular complexity index is 512. The number of nitrogens with zero attached hydrogens (tertiary/aromatic N) is 1. The number of rotatable bonds is 3. The van der Waals surface area contributed by atoms with Crippen molar-refractivity contribution in [3.8, 4) is 11.3 Å². The topological polar surface area (TPSA) is 62.2 Å². The van der Waals surface area contributed by atoms with Crippen LogP contribution in [0.5, 0.6) is 0 Å². The smallest absolute Gasteiger partial charge is 0.260 e. The van der Waals surface area contributed by atoms with Gasteiger partial charge >= 0.3 is 0 Å². The van der Waals surface area contributed by atoms with Gasteiger partial charge in [0.2, 0.25) is 0 Å². The van der Waals surface area contributed by atoms with Crippen molar-refractivity contribution in [3.63, 3.8) is 0 Å². The van der Waals surface area contributed by atoms with Crippen LogP contribution in [0.25, 0.3) is 11.3 Å². The van der Waals surface area contributed by atoms with Crippen LogP contribution in [0.2, 0.25) is 0 Å². The van der Waals surface area contributed by atoms with Gasteiger partial charge in [-0.3, -0.25) is 9.27 Å². The zero-order chi connectivity index (χ0) is 11.5. The van der Waals surface area contributed by atoms with Crippen molar-refractivity contribution in [2.24, 2.45) is 0 Å². The third kappa shape index (κ3) is 2.88. The van der Waals surface area contributed by atoms with Crippen molar-refractivity contribution >= 4 is 43.7 Å². The van der Waals surface area contributed by atoms with Crippen molar-refractivity contribution in [2.75, 3.05) is 4.72 Å². The van der Waals surface area contributed by atoms with Gasteiger partial charge in [0.05, 0.1) is 5.69 Å². The number of anilines is 1. The van der Waals surface area contributed by atoms with Gasteiger partial charge in [-0.25, -0.2) is 9.19 Å². The molecule has 1 heterocycles. The molecule has 0 aliphatic heterocycles. The number of thiazole rings is 1. The van der Waals surface area contributed by atoms with Crippen LogP contribution in [-0.2, 0) is 11.3 Å². The summed E-state index contributed by atoms with van der Waals surface area (Å²) < 4.78 is 22.5. The summed E-state index contributed by atoms with van der Waals surface area (Å²) in [7, 11) is 0. The van der Waals surface area contributed by atoms with Gasteiger partial charge in [-0.1, -0.05) is 28.1 Å². The van der Waals surface area contributed by atoms with Crippen molar-refractivity contribution < 1.29 is 8.76 Å². The molecule has 1 aromatic carbocycles. The molecule has 2 N–H and O–H groups in total. The van der Waals surface area contributed by atoms with E-state index < -0.39 is 11.3 Å². The van der Waals surface area contributed by atoms with Crippen LogP contribution in [-0.4, -0.2) is 13.7 Å². The third-order valence-electron chi connectivity index (χ3n) is 1.82. The molecule has 0 fully saturated rings. The fourth-order valence-corrected chi connectivity index (χ4v) is 2.58. The minimum atomic E-state index is -2.07. The second-order valence-corrected chi connectivity index (χ2v) is 5.37. The molecule has 0 amide bonds. The number of nitrogens with one attached hydrogen (secondary N) is 1. The summed E-state index contributed by atoms with van der Waals surface area (Å²) in [5.74, 6) is 0. The zero-order valence-corrected chi connectivity index (χ0v) is 11.1. The summed E-state index contributed by atoms with van der Waals surface area (Å²) in [6.45, 7) is 0. The Labute approximate surface area is 107 Å². The average Bonchev–Trinajstić information content (AvgIpc) is 2.66.